The predicted molar refractivity (Wildman–Crippen MR) is 145 cm³/mol. The van der Waals surface area contributed by atoms with Gasteiger partial charge in [-0.25, -0.2) is 9.78 Å². The summed E-state index contributed by atoms with van der Waals surface area (Å²) in [5.41, 5.74) is -2.68. The van der Waals surface area contributed by atoms with Gasteiger partial charge in [0.15, 0.2) is 0 Å². The van der Waals surface area contributed by atoms with Crippen molar-refractivity contribution in [3.63, 3.8) is 0 Å². The van der Waals surface area contributed by atoms with Gasteiger partial charge in [0, 0.05) is 24.7 Å². The van der Waals surface area contributed by atoms with Gasteiger partial charge in [0.05, 0.1) is 6.33 Å². The quantitative estimate of drug-likeness (QED) is 0.177. The highest BCUT2D eigenvalue weighted by Crippen LogP contribution is 2.12. The van der Waals surface area contributed by atoms with Crippen molar-refractivity contribution >= 4 is 35.8 Å². The van der Waals surface area contributed by atoms with E-state index >= 15 is 0 Å². The molecular formula is C26H42N6O9. The van der Waals surface area contributed by atoms with Gasteiger partial charge in [-0.15, -0.1) is 0 Å². The second-order valence-electron chi connectivity index (χ2n) is 11.9. The predicted octanol–water partition coefficient (Wildman–Crippen LogP) is 0.548. The van der Waals surface area contributed by atoms with Crippen LogP contribution in [-0.4, -0.2) is 86.2 Å². The smallest absolute Gasteiger partial charge is 0.408 e. The van der Waals surface area contributed by atoms with Crippen molar-refractivity contribution in [2.75, 3.05) is 6.54 Å². The molecule has 15 nitrogen and oxygen atoms in total. The van der Waals surface area contributed by atoms with Crippen LogP contribution in [0.5, 0.6) is 0 Å². The molecule has 0 spiro atoms. The van der Waals surface area contributed by atoms with Gasteiger partial charge in [-0.1, -0.05) is 0 Å². The highest BCUT2D eigenvalue weighted by Gasteiger charge is 2.36. The van der Waals surface area contributed by atoms with E-state index in [4.69, 9.17) is 14.6 Å². The van der Waals surface area contributed by atoms with E-state index in [1.807, 2.05) is 0 Å². The van der Waals surface area contributed by atoms with Crippen molar-refractivity contribution in [3.8, 4) is 0 Å². The van der Waals surface area contributed by atoms with Crippen molar-refractivity contribution in [1.29, 1.82) is 0 Å². The Balaban J connectivity index is 3.03. The average molecular weight is 583 g/mol. The fourth-order valence-corrected chi connectivity index (χ4v) is 3.28. The molecule has 4 amide bonds. The molecule has 41 heavy (non-hydrogen) atoms. The number of hydrogen-bond donors (Lipinski definition) is 6. The molecule has 0 aromatic carbocycles. The van der Waals surface area contributed by atoms with Crippen LogP contribution in [0.4, 0.5) is 4.79 Å². The second kappa shape index (κ2) is 14.5. The Bertz CT molecular complexity index is 1090. The van der Waals surface area contributed by atoms with Crippen molar-refractivity contribution in [2.45, 2.75) is 103 Å². The van der Waals surface area contributed by atoms with Crippen LogP contribution in [0.1, 0.15) is 73.9 Å². The Morgan fingerprint density at radius 1 is 0.902 bits per heavy atom. The van der Waals surface area contributed by atoms with E-state index in [0.29, 0.717) is 5.69 Å². The van der Waals surface area contributed by atoms with Gasteiger partial charge >= 0.3 is 18.0 Å². The number of nitrogens with one attached hydrogen (secondary N) is 5. The van der Waals surface area contributed by atoms with E-state index in [1.165, 1.54) is 26.4 Å². The molecule has 0 saturated heterocycles. The fraction of sp³-hybridized carbons (Fsp3) is 0.654. The minimum Gasteiger partial charge on any atom is -0.480 e. The molecule has 0 aliphatic carbocycles. The standard InChI is InChI=1S/C26H42N6O9/c1-24(2,3)40-19(35)10-9-16(20(36)28-13-18(33)34)30-22(38)26(7,8)32-21(37)17(11-15-12-27-14-29-15)31-23(39)41-25(4,5)6/h12,14,16-17H,9-11,13H2,1-8H3,(H,27,29)(H,28,36)(H,30,38)(H,31,39)(H,32,37)(H,33,34)/t16-,17-/m0/s1. The number of carbonyl (C=O) groups is 6. The van der Waals surface area contributed by atoms with Gasteiger partial charge in [0.25, 0.3) is 0 Å². The largest absolute Gasteiger partial charge is 0.480 e. The molecule has 0 bridgehead atoms. The molecule has 15 heteroatoms. The van der Waals surface area contributed by atoms with Crippen LogP contribution in [0.25, 0.3) is 0 Å². The molecular weight excluding hydrogens is 540 g/mol. The van der Waals surface area contributed by atoms with E-state index in [0.717, 1.165) is 0 Å². The SMILES string of the molecule is CC(C)(C)OC(=O)CC[C@H](NC(=O)C(C)(C)NC(=O)[C@H](Cc1cnc[nH]1)NC(=O)OC(C)(C)C)C(=O)NCC(=O)O. The zero-order valence-corrected chi connectivity index (χ0v) is 24.8. The number of amides is 4. The third kappa shape index (κ3) is 14.2. The van der Waals surface area contributed by atoms with Crippen molar-refractivity contribution in [1.82, 2.24) is 31.2 Å². The normalized spacial score (nSPS) is 13.3. The molecule has 1 rings (SSSR count). The number of aromatic amines is 1. The highest BCUT2D eigenvalue weighted by atomic mass is 16.6. The third-order valence-electron chi connectivity index (χ3n) is 5.08. The maximum absolute atomic E-state index is 13.2. The molecule has 0 aliphatic heterocycles. The molecule has 0 saturated carbocycles. The van der Waals surface area contributed by atoms with Gasteiger partial charge in [-0.2, -0.15) is 0 Å². The van der Waals surface area contributed by atoms with Crippen LogP contribution in [0.2, 0.25) is 0 Å². The zero-order chi connectivity index (χ0) is 31.6. The van der Waals surface area contributed by atoms with Crippen molar-refractivity contribution in [3.05, 3.63) is 18.2 Å². The van der Waals surface area contributed by atoms with Gasteiger partial charge in [0.1, 0.15) is 35.4 Å². The Morgan fingerprint density at radius 2 is 1.51 bits per heavy atom. The Hall–Kier alpha value is -4.17. The minimum atomic E-state index is -1.61. The number of alkyl carbamates (subject to hydrolysis) is 1. The van der Waals surface area contributed by atoms with Gasteiger partial charge in [-0.05, 0) is 61.8 Å². The van der Waals surface area contributed by atoms with E-state index in [-0.39, 0.29) is 19.3 Å². The highest BCUT2D eigenvalue weighted by molar-refractivity contribution is 5.96. The first kappa shape index (κ1) is 34.9. The number of rotatable bonds is 13. The number of ether oxygens (including phenoxy) is 2. The number of carboxylic acid groups (broad SMARTS) is 1. The maximum Gasteiger partial charge on any atom is 0.408 e. The Morgan fingerprint density at radius 3 is 2.02 bits per heavy atom. The molecule has 0 unspecified atom stereocenters. The van der Waals surface area contributed by atoms with E-state index in [1.54, 1.807) is 41.5 Å². The number of aliphatic carboxylic acids is 1. The lowest BCUT2D eigenvalue weighted by Crippen LogP contribution is -2.62. The topological polar surface area (TPSA) is 218 Å². The molecule has 1 aromatic heterocycles. The summed E-state index contributed by atoms with van der Waals surface area (Å²) in [6, 6.07) is -2.48. The Kier molecular flexibility index (Phi) is 12.3. The maximum atomic E-state index is 13.2. The van der Waals surface area contributed by atoms with Crippen molar-refractivity contribution in [2.24, 2.45) is 0 Å². The first-order valence-corrected chi connectivity index (χ1v) is 13.0. The molecule has 0 radical (unpaired) electrons. The summed E-state index contributed by atoms with van der Waals surface area (Å²) in [5, 5.41) is 18.6. The van der Waals surface area contributed by atoms with E-state index in [9.17, 15) is 28.8 Å². The monoisotopic (exact) mass is 582 g/mol. The zero-order valence-electron chi connectivity index (χ0n) is 24.8. The molecule has 0 fully saturated rings. The van der Waals surface area contributed by atoms with Gasteiger partial charge in [-0.3, -0.25) is 24.0 Å². The number of imidazole rings is 1. The number of nitrogens with zero attached hydrogens (tertiary/aromatic N) is 1. The first-order chi connectivity index (χ1) is 18.7. The molecule has 1 heterocycles. The summed E-state index contributed by atoms with van der Waals surface area (Å²) in [4.78, 5) is 81.3. The molecule has 2 atom stereocenters. The number of carbonyl (C=O) groups excluding carboxylic acids is 5. The number of hydrogen-bond acceptors (Lipinski definition) is 9. The van der Waals surface area contributed by atoms with Crippen LogP contribution in [0.15, 0.2) is 12.5 Å². The summed E-state index contributed by atoms with van der Waals surface area (Å²) >= 11 is 0. The number of H-pyrrole nitrogens is 1. The molecule has 230 valence electrons. The summed E-state index contributed by atoms with van der Waals surface area (Å²) in [6.45, 7) is 12.1. The van der Waals surface area contributed by atoms with E-state index in [2.05, 4.69) is 31.2 Å². The minimum absolute atomic E-state index is 0.00111. The molecule has 1 aromatic rings. The van der Waals surface area contributed by atoms with Gasteiger partial charge in [0.2, 0.25) is 17.7 Å². The fourth-order valence-electron chi connectivity index (χ4n) is 3.28. The lowest BCUT2D eigenvalue weighted by Gasteiger charge is -2.30. The summed E-state index contributed by atoms with van der Waals surface area (Å²) in [5.74, 6) is -4.29. The average Bonchev–Trinajstić information content (AvgIpc) is 3.30. The number of esters is 1. The second-order valence-corrected chi connectivity index (χ2v) is 11.9. The lowest BCUT2D eigenvalue weighted by molar-refractivity contribution is -0.155. The number of carboxylic acids is 1. The first-order valence-electron chi connectivity index (χ1n) is 13.0. The molecule has 0 aliphatic rings. The van der Waals surface area contributed by atoms with E-state index < -0.39 is 71.1 Å². The van der Waals surface area contributed by atoms with Gasteiger partial charge < -0.3 is 40.8 Å². The van der Waals surface area contributed by atoms with Crippen LogP contribution in [-0.2, 0) is 39.9 Å². The number of aromatic nitrogens is 2. The van der Waals surface area contributed by atoms with Crippen LogP contribution in [0.3, 0.4) is 0 Å². The van der Waals surface area contributed by atoms with Crippen LogP contribution < -0.4 is 21.3 Å². The summed E-state index contributed by atoms with van der Waals surface area (Å²) in [6.07, 6.45) is 1.58. The van der Waals surface area contributed by atoms with Crippen molar-refractivity contribution < 1.29 is 43.3 Å². The van der Waals surface area contributed by atoms with Crippen LogP contribution in [0, 0.1) is 0 Å². The summed E-state index contributed by atoms with van der Waals surface area (Å²) in [7, 11) is 0. The molecule has 6 N–H and O–H groups in total. The Labute approximate surface area is 238 Å². The third-order valence-corrected chi connectivity index (χ3v) is 5.08. The summed E-state index contributed by atoms with van der Waals surface area (Å²) < 4.78 is 10.5. The van der Waals surface area contributed by atoms with Crippen LogP contribution >= 0.6 is 0 Å². The lowest BCUT2D eigenvalue weighted by atomic mass is 10.0.